The van der Waals surface area contributed by atoms with Gasteiger partial charge in [-0.05, 0) is 44.9 Å². The highest BCUT2D eigenvalue weighted by molar-refractivity contribution is 7.99. The van der Waals surface area contributed by atoms with Gasteiger partial charge < -0.3 is 0 Å². The smallest absolute Gasteiger partial charge is 0.114 e. The van der Waals surface area contributed by atoms with Crippen LogP contribution in [0, 0.1) is 11.3 Å². The van der Waals surface area contributed by atoms with Gasteiger partial charge in [-0.3, -0.25) is 10.3 Å². The van der Waals surface area contributed by atoms with Gasteiger partial charge in [0.25, 0.3) is 0 Å². The molecule has 1 aromatic heterocycles. The lowest BCUT2D eigenvalue weighted by Crippen LogP contribution is -2.41. The summed E-state index contributed by atoms with van der Waals surface area (Å²) >= 11 is 1.72. The molecule has 0 aliphatic carbocycles. The topological polar surface area (TPSA) is 61.6 Å². The Hall–Kier alpha value is -1.12. The number of unbranched alkanes of at least 4 members (excludes halogenated alkanes) is 1. The zero-order valence-electron chi connectivity index (χ0n) is 11.7. The van der Waals surface area contributed by atoms with Gasteiger partial charge in [-0.25, -0.2) is 4.98 Å². The van der Waals surface area contributed by atoms with Crippen molar-refractivity contribution in [3.8, 4) is 6.07 Å². The minimum Gasteiger partial charge on any atom is -0.300 e. The van der Waals surface area contributed by atoms with E-state index in [1.165, 1.54) is 0 Å². The fourth-order valence-corrected chi connectivity index (χ4v) is 2.53. The van der Waals surface area contributed by atoms with E-state index in [9.17, 15) is 5.26 Å². The largest absolute Gasteiger partial charge is 0.300 e. The molecular formula is C14H22N4S. The molecule has 1 aromatic rings. The van der Waals surface area contributed by atoms with Crippen LogP contribution < -0.4 is 5.32 Å². The van der Waals surface area contributed by atoms with Gasteiger partial charge in [0.15, 0.2) is 0 Å². The zero-order valence-corrected chi connectivity index (χ0v) is 12.5. The number of aromatic nitrogens is 2. The minimum atomic E-state index is -0.382. The third kappa shape index (κ3) is 6.55. The molecule has 1 N–H and O–H groups in total. The lowest BCUT2D eigenvalue weighted by atomic mass is 9.96. The van der Waals surface area contributed by atoms with Crippen molar-refractivity contribution in [2.75, 3.05) is 12.3 Å². The molecule has 0 aliphatic heterocycles. The van der Waals surface area contributed by atoms with Gasteiger partial charge in [0.1, 0.15) is 10.6 Å². The third-order valence-corrected chi connectivity index (χ3v) is 3.87. The Morgan fingerprint density at radius 1 is 1.42 bits per heavy atom. The van der Waals surface area contributed by atoms with Crippen molar-refractivity contribution < 1.29 is 0 Å². The zero-order chi connectivity index (χ0) is 14.0. The number of thioether (sulfide) groups is 1. The molecule has 0 fully saturated rings. The van der Waals surface area contributed by atoms with Gasteiger partial charge >= 0.3 is 0 Å². The summed E-state index contributed by atoms with van der Waals surface area (Å²) in [6, 6.07) is 2.38. The number of nitrogens with one attached hydrogen (secondary N) is 1. The van der Waals surface area contributed by atoms with E-state index in [0.717, 1.165) is 43.0 Å². The van der Waals surface area contributed by atoms with Crippen molar-refractivity contribution in [3.05, 3.63) is 18.6 Å². The predicted molar refractivity (Wildman–Crippen MR) is 78.9 cm³/mol. The van der Waals surface area contributed by atoms with E-state index >= 15 is 0 Å². The number of nitriles is 1. The second kappa shape index (κ2) is 8.89. The van der Waals surface area contributed by atoms with E-state index in [2.05, 4.69) is 28.3 Å². The maximum Gasteiger partial charge on any atom is 0.114 e. The second-order valence-electron chi connectivity index (χ2n) is 4.72. The van der Waals surface area contributed by atoms with Crippen LogP contribution in [0.5, 0.6) is 0 Å². The van der Waals surface area contributed by atoms with E-state index in [1.807, 2.05) is 6.92 Å². The maximum absolute atomic E-state index is 9.21. The highest BCUT2D eigenvalue weighted by atomic mass is 32.2. The molecule has 0 saturated heterocycles. The van der Waals surface area contributed by atoms with Gasteiger partial charge in [0.05, 0.1) is 12.3 Å². The summed E-state index contributed by atoms with van der Waals surface area (Å²) in [6.07, 6.45) is 9.27. The fraction of sp³-hybridized carbons (Fsp3) is 0.643. The number of hydrogen-bond donors (Lipinski definition) is 1. The Balaban J connectivity index is 2.17. The van der Waals surface area contributed by atoms with E-state index < -0.39 is 0 Å². The number of nitrogens with zero attached hydrogens (tertiary/aromatic N) is 3. The van der Waals surface area contributed by atoms with Crippen LogP contribution >= 0.6 is 11.8 Å². The maximum atomic E-state index is 9.21. The Kier molecular flexibility index (Phi) is 7.46. The van der Waals surface area contributed by atoms with Crippen LogP contribution in [0.25, 0.3) is 0 Å². The summed E-state index contributed by atoms with van der Waals surface area (Å²) in [5, 5.41) is 13.5. The van der Waals surface area contributed by atoms with Crippen molar-refractivity contribution in [2.24, 2.45) is 0 Å². The Bertz CT molecular complexity index is 390. The van der Waals surface area contributed by atoms with Crippen LogP contribution in [-0.4, -0.2) is 27.8 Å². The molecule has 0 spiro atoms. The molecule has 0 saturated carbocycles. The molecular weight excluding hydrogens is 256 g/mol. The summed E-state index contributed by atoms with van der Waals surface area (Å²) in [4.78, 5) is 8.25. The number of rotatable bonds is 9. The van der Waals surface area contributed by atoms with Crippen molar-refractivity contribution in [1.29, 1.82) is 5.26 Å². The molecule has 0 amide bonds. The SMILES string of the molecule is CCCNC(C)(C#N)CCCCSc1cnccn1. The van der Waals surface area contributed by atoms with Crippen LogP contribution in [0.3, 0.4) is 0 Å². The summed E-state index contributed by atoms with van der Waals surface area (Å²) in [7, 11) is 0. The van der Waals surface area contributed by atoms with Crippen LogP contribution in [0.2, 0.25) is 0 Å². The normalized spacial score (nSPS) is 13.7. The van der Waals surface area contributed by atoms with Gasteiger partial charge in [0.2, 0.25) is 0 Å². The van der Waals surface area contributed by atoms with Crippen molar-refractivity contribution >= 4 is 11.8 Å². The minimum absolute atomic E-state index is 0.382. The van der Waals surface area contributed by atoms with Gasteiger partial charge in [-0.1, -0.05) is 6.92 Å². The van der Waals surface area contributed by atoms with Crippen LogP contribution in [0.15, 0.2) is 23.6 Å². The van der Waals surface area contributed by atoms with Crippen molar-refractivity contribution in [3.63, 3.8) is 0 Å². The quantitative estimate of drug-likeness (QED) is 0.556. The summed E-state index contributed by atoms with van der Waals surface area (Å²) in [6.45, 7) is 5.00. The van der Waals surface area contributed by atoms with E-state index in [4.69, 9.17) is 0 Å². The lowest BCUT2D eigenvalue weighted by Gasteiger charge is -2.22. The van der Waals surface area contributed by atoms with Crippen LogP contribution in [0.4, 0.5) is 0 Å². The second-order valence-corrected chi connectivity index (χ2v) is 5.84. The summed E-state index contributed by atoms with van der Waals surface area (Å²) < 4.78 is 0. The van der Waals surface area contributed by atoms with Crippen molar-refractivity contribution in [1.82, 2.24) is 15.3 Å². The molecule has 1 unspecified atom stereocenters. The highest BCUT2D eigenvalue weighted by Crippen LogP contribution is 2.18. The molecule has 0 radical (unpaired) electrons. The molecule has 5 heteroatoms. The first kappa shape index (κ1) is 15.9. The summed E-state index contributed by atoms with van der Waals surface area (Å²) in [5.74, 6) is 1.02. The highest BCUT2D eigenvalue weighted by Gasteiger charge is 2.21. The molecule has 0 bridgehead atoms. The molecule has 104 valence electrons. The Labute approximate surface area is 120 Å². The monoisotopic (exact) mass is 278 g/mol. The molecule has 4 nitrogen and oxygen atoms in total. The Morgan fingerprint density at radius 2 is 2.26 bits per heavy atom. The lowest BCUT2D eigenvalue weighted by molar-refractivity contribution is 0.406. The molecule has 0 aromatic carbocycles. The molecule has 1 atom stereocenters. The van der Waals surface area contributed by atoms with Crippen molar-refractivity contribution in [2.45, 2.75) is 50.1 Å². The standard InChI is InChI=1S/C14H22N4S/c1-3-7-18-14(2,12-15)6-4-5-10-19-13-11-16-8-9-17-13/h8-9,11,18H,3-7,10H2,1-2H3. The Morgan fingerprint density at radius 3 is 2.89 bits per heavy atom. The molecule has 1 heterocycles. The fourth-order valence-electron chi connectivity index (χ4n) is 1.70. The first-order valence-corrected chi connectivity index (χ1v) is 7.74. The predicted octanol–water partition coefficient (Wildman–Crippen LogP) is 3.02. The summed E-state index contributed by atoms with van der Waals surface area (Å²) in [5.41, 5.74) is -0.382. The average Bonchev–Trinajstić information content (AvgIpc) is 2.46. The molecule has 19 heavy (non-hydrogen) atoms. The molecule has 1 rings (SSSR count). The van der Waals surface area contributed by atoms with E-state index in [1.54, 1.807) is 30.4 Å². The van der Waals surface area contributed by atoms with E-state index in [-0.39, 0.29) is 5.54 Å². The molecule has 0 aliphatic rings. The third-order valence-electron chi connectivity index (χ3n) is 2.87. The van der Waals surface area contributed by atoms with Crippen LogP contribution in [-0.2, 0) is 0 Å². The van der Waals surface area contributed by atoms with Gasteiger partial charge in [-0.2, -0.15) is 5.26 Å². The van der Waals surface area contributed by atoms with Gasteiger partial charge in [-0.15, -0.1) is 11.8 Å². The average molecular weight is 278 g/mol. The van der Waals surface area contributed by atoms with E-state index in [0.29, 0.717) is 0 Å². The first-order chi connectivity index (χ1) is 9.20. The van der Waals surface area contributed by atoms with Gasteiger partial charge in [0, 0.05) is 12.4 Å². The first-order valence-electron chi connectivity index (χ1n) is 6.75. The number of hydrogen-bond acceptors (Lipinski definition) is 5. The van der Waals surface area contributed by atoms with Crippen LogP contribution in [0.1, 0.15) is 39.5 Å².